The van der Waals surface area contributed by atoms with E-state index in [2.05, 4.69) is 5.32 Å². The van der Waals surface area contributed by atoms with E-state index in [1.165, 1.54) is 37.3 Å². The third-order valence-electron chi connectivity index (χ3n) is 3.46. The van der Waals surface area contributed by atoms with Gasteiger partial charge in [-0.1, -0.05) is 12.1 Å². The molecule has 1 amide bonds. The topological polar surface area (TPSA) is 98.5 Å². The summed E-state index contributed by atoms with van der Waals surface area (Å²) < 4.78 is 5.05. The van der Waals surface area contributed by atoms with Gasteiger partial charge in [0.15, 0.2) is 6.10 Å². The van der Waals surface area contributed by atoms with Crippen molar-refractivity contribution in [3.8, 4) is 0 Å². The molecule has 0 fully saturated rings. The summed E-state index contributed by atoms with van der Waals surface area (Å²) in [6.07, 6.45) is 1.65. The Bertz CT molecular complexity index is 843. The third-order valence-corrected chi connectivity index (χ3v) is 3.46. The van der Waals surface area contributed by atoms with Gasteiger partial charge in [-0.2, -0.15) is 0 Å². The molecule has 0 aliphatic rings. The Labute approximate surface area is 150 Å². The fourth-order valence-corrected chi connectivity index (χ4v) is 2.11. The van der Waals surface area contributed by atoms with Gasteiger partial charge in [-0.05, 0) is 55.3 Å². The smallest absolute Gasteiger partial charge is 0.331 e. The molecule has 0 saturated heterocycles. The molecule has 0 aromatic heterocycles. The largest absolute Gasteiger partial charge is 0.449 e. The van der Waals surface area contributed by atoms with Crippen molar-refractivity contribution in [1.29, 1.82) is 0 Å². The van der Waals surface area contributed by atoms with Gasteiger partial charge in [0.05, 0.1) is 4.92 Å². The Hall–Kier alpha value is -3.48. The lowest BCUT2D eigenvalue weighted by molar-refractivity contribution is -0.384. The van der Waals surface area contributed by atoms with E-state index in [9.17, 15) is 19.7 Å². The summed E-state index contributed by atoms with van der Waals surface area (Å²) in [6, 6.07) is 13.0. The van der Waals surface area contributed by atoms with Crippen LogP contribution in [-0.2, 0) is 14.3 Å². The summed E-state index contributed by atoms with van der Waals surface area (Å²) in [5.74, 6) is -1.12. The van der Waals surface area contributed by atoms with Crippen molar-refractivity contribution in [2.75, 3.05) is 5.32 Å². The van der Waals surface area contributed by atoms with Gasteiger partial charge in [-0.15, -0.1) is 0 Å². The average Bonchev–Trinajstić information content (AvgIpc) is 2.60. The van der Waals surface area contributed by atoms with Gasteiger partial charge in [0, 0.05) is 23.9 Å². The molecule has 0 radical (unpaired) electrons. The first kappa shape index (κ1) is 18.9. The number of hydrogen-bond donors (Lipinski definition) is 1. The molecule has 0 aliphatic heterocycles. The Morgan fingerprint density at radius 3 is 2.50 bits per heavy atom. The van der Waals surface area contributed by atoms with Gasteiger partial charge >= 0.3 is 5.97 Å². The Morgan fingerprint density at radius 1 is 1.19 bits per heavy atom. The predicted molar refractivity (Wildman–Crippen MR) is 97.5 cm³/mol. The first-order valence-electron chi connectivity index (χ1n) is 7.86. The number of nitro groups is 1. The fraction of sp³-hybridized carbons (Fsp3) is 0.158. The van der Waals surface area contributed by atoms with E-state index in [1.54, 1.807) is 12.1 Å². The van der Waals surface area contributed by atoms with Crippen LogP contribution in [0.1, 0.15) is 18.1 Å². The minimum absolute atomic E-state index is 0.0360. The highest BCUT2D eigenvalue weighted by atomic mass is 16.6. The lowest BCUT2D eigenvalue weighted by Crippen LogP contribution is -2.29. The van der Waals surface area contributed by atoms with Crippen molar-refractivity contribution in [1.82, 2.24) is 0 Å². The minimum atomic E-state index is -0.968. The molecule has 0 heterocycles. The number of nitrogens with zero attached hydrogens (tertiary/aromatic N) is 1. The number of amides is 1. The van der Waals surface area contributed by atoms with E-state index in [0.717, 1.165) is 11.6 Å². The first-order chi connectivity index (χ1) is 12.3. The molecule has 0 unspecified atom stereocenters. The second-order valence-corrected chi connectivity index (χ2v) is 5.62. The molecular formula is C19H18N2O5. The highest BCUT2D eigenvalue weighted by Gasteiger charge is 2.16. The van der Waals surface area contributed by atoms with Crippen LogP contribution in [-0.4, -0.2) is 22.9 Å². The maximum atomic E-state index is 12.1. The van der Waals surface area contributed by atoms with Gasteiger partial charge < -0.3 is 10.1 Å². The molecule has 1 atom stereocenters. The van der Waals surface area contributed by atoms with E-state index in [1.807, 2.05) is 19.1 Å². The summed E-state index contributed by atoms with van der Waals surface area (Å²) >= 11 is 0. The normalized spacial score (nSPS) is 11.8. The summed E-state index contributed by atoms with van der Waals surface area (Å²) in [5, 5.41) is 13.3. The summed E-state index contributed by atoms with van der Waals surface area (Å²) in [6.45, 7) is 3.38. The molecule has 7 nitrogen and oxygen atoms in total. The molecule has 2 rings (SSSR count). The number of benzene rings is 2. The van der Waals surface area contributed by atoms with Crippen molar-refractivity contribution in [2.45, 2.75) is 20.0 Å². The van der Waals surface area contributed by atoms with E-state index in [-0.39, 0.29) is 5.69 Å². The molecule has 0 saturated carbocycles. The molecule has 0 spiro atoms. The second kappa shape index (κ2) is 8.57. The molecule has 7 heteroatoms. The molecule has 1 N–H and O–H groups in total. The second-order valence-electron chi connectivity index (χ2n) is 5.62. The zero-order valence-electron chi connectivity index (χ0n) is 14.3. The number of esters is 1. The van der Waals surface area contributed by atoms with Gasteiger partial charge in [0.1, 0.15) is 0 Å². The summed E-state index contributed by atoms with van der Waals surface area (Å²) in [7, 11) is 0. The zero-order chi connectivity index (χ0) is 19.1. The number of carbonyl (C=O) groups is 2. The van der Waals surface area contributed by atoms with Crippen molar-refractivity contribution in [3.63, 3.8) is 0 Å². The Morgan fingerprint density at radius 2 is 1.88 bits per heavy atom. The van der Waals surface area contributed by atoms with Crippen LogP contribution in [0, 0.1) is 17.0 Å². The van der Waals surface area contributed by atoms with Crippen molar-refractivity contribution in [2.24, 2.45) is 0 Å². The van der Waals surface area contributed by atoms with Crippen LogP contribution in [0.3, 0.4) is 0 Å². The van der Waals surface area contributed by atoms with Crippen LogP contribution in [0.4, 0.5) is 11.4 Å². The van der Waals surface area contributed by atoms with Crippen molar-refractivity contribution in [3.05, 3.63) is 75.8 Å². The molecule has 2 aromatic carbocycles. The zero-order valence-corrected chi connectivity index (χ0v) is 14.3. The molecule has 134 valence electrons. The van der Waals surface area contributed by atoms with Gasteiger partial charge in [0.25, 0.3) is 11.6 Å². The quantitative estimate of drug-likeness (QED) is 0.370. The molecule has 0 aliphatic carbocycles. The number of aryl methyl sites for hydroxylation is 1. The standard InChI is InChI=1S/C19H18N2O5/c1-13-4-3-5-16(12-13)20-19(23)14(2)26-18(22)11-8-15-6-9-17(10-7-15)21(24)25/h3-12,14H,1-2H3,(H,20,23)/b11-8+/t14-/m1/s1. The number of nitro benzene ring substituents is 1. The lowest BCUT2D eigenvalue weighted by Gasteiger charge is -2.12. The number of nitrogens with one attached hydrogen (secondary N) is 1. The van der Waals surface area contributed by atoms with Gasteiger partial charge in [0.2, 0.25) is 0 Å². The maximum Gasteiger partial charge on any atom is 0.331 e. The fourth-order valence-electron chi connectivity index (χ4n) is 2.11. The Kier molecular flexibility index (Phi) is 6.21. The van der Waals surface area contributed by atoms with Gasteiger partial charge in [-0.3, -0.25) is 14.9 Å². The molecular weight excluding hydrogens is 336 g/mol. The number of ether oxygens (including phenoxy) is 1. The van der Waals surface area contributed by atoms with Crippen LogP contribution < -0.4 is 5.32 Å². The van der Waals surface area contributed by atoms with Gasteiger partial charge in [-0.25, -0.2) is 4.79 Å². The number of rotatable bonds is 6. The highest BCUT2D eigenvalue weighted by molar-refractivity contribution is 5.96. The van der Waals surface area contributed by atoms with Crippen LogP contribution in [0.25, 0.3) is 6.08 Å². The van der Waals surface area contributed by atoms with E-state index >= 15 is 0 Å². The predicted octanol–water partition coefficient (Wildman–Crippen LogP) is 3.49. The average molecular weight is 354 g/mol. The lowest BCUT2D eigenvalue weighted by atomic mass is 10.2. The number of hydrogen-bond acceptors (Lipinski definition) is 5. The van der Waals surface area contributed by atoms with Crippen LogP contribution in [0.15, 0.2) is 54.6 Å². The van der Waals surface area contributed by atoms with Crippen LogP contribution in [0.2, 0.25) is 0 Å². The summed E-state index contributed by atoms with van der Waals surface area (Å²) in [5.41, 5.74) is 2.19. The van der Waals surface area contributed by atoms with E-state index < -0.39 is 22.9 Å². The minimum Gasteiger partial charge on any atom is -0.449 e. The van der Waals surface area contributed by atoms with Crippen molar-refractivity contribution >= 4 is 29.3 Å². The molecule has 0 bridgehead atoms. The molecule has 2 aromatic rings. The molecule has 26 heavy (non-hydrogen) atoms. The number of non-ortho nitro benzene ring substituents is 1. The first-order valence-corrected chi connectivity index (χ1v) is 7.86. The number of anilines is 1. The summed E-state index contributed by atoms with van der Waals surface area (Å²) in [4.78, 5) is 34.0. The third kappa shape index (κ3) is 5.55. The monoisotopic (exact) mass is 354 g/mol. The Balaban J connectivity index is 1.89. The van der Waals surface area contributed by atoms with Crippen molar-refractivity contribution < 1.29 is 19.2 Å². The van der Waals surface area contributed by atoms with E-state index in [4.69, 9.17) is 4.74 Å². The van der Waals surface area contributed by atoms with Crippen LogP contribution >= 0.6 is 0 Å². The highest BCUT2D eigenvalue weighted by Crippen LogP contribution is 2.13. The maximum absolute atomic E-state index is 12.1. The SMILES string of the molecule is Cc1cccc(NC(=O)[C@@H](C)OC(=O)/C=C/c2ccc([N+](=O)[O-])cc2)c1. The van der Waals surface area contributed by atoms with Crippen LogP contribution in [0.5, 0.6) is 0 Å². The van der Waals surface area contributed by atoms with E-state index in [0.29, 0.717) is 11.3 Å². The number of carbonyl (C=O) groups excluding carboxylic acids is 2.